The van der Waals surface area contributed by atoms with Crippen molar-refractivity contribution in [1.29, 1.82) is 0 Å². The van der Waals surface area contributed by atoms with Gasteiger partial charge in [-0.15, -0.1) is 0 Å². The van der Waals surface area contributed by atoms with Crippen LogP contribution in [0.4, 0.5) is 0 Å². The highest BCUT2D eigenvalue weighted by Gasteiger charge is 2.13. The van der Waals surface area contributed by atoms with Crippen LogP contribution in [0.1, 0.15) is 18.9 Å². The van der Waals surface area contributed by atoms with E-state index in [0.29, 0.717) is 0 Å². The number of quaternary nitrogens is 1. The summed E-state index contributed by atoms with van der Waals surface area (Å²) < 4.78 is 5.47. The molecule has 0 spiro atoms. The Hall–Kier alpha value is -1.58. The van der Waals surface area contributed by atoms with Crippen molar-refractivity contribution in [3.63, 3.8) is 0 Å². The molecule has 0 amide bonds. The van der Waals surface area contributed by atoms with E-state index in [1.54, 1.807) is 7.11 Å². The van der Waals surface area contributed by atoms with Gasteiger partial charge in [0.15, 0.2) is 0 Å². The van der Waals surface area contributed by atoms with E-state index in [0.717, 1.165) is 18.7 Å². The molecule has 0 aliphatic rings. The summed E-state index contributed by atoms with van der Waals surface area (Å²) in [6.45, 7) is 3.13. The topological polar surface area (TPSA) is 46.1 Å². The lowest BCUT2D eigenvalue weighted by molar-refractivity contribution is -0.706. The highest BCUT2D eigenvalue weighted by molar-refractivity contribution is 5.87. The van der Waals surface area contributed by atoms with E-state index in [2.05, 4.69) is 36.5 Å². The molecule has 102 valence electrons. The molecule has 0 saturated carbocycles. The summed E-state index contributed by atoms with van der Waals surface area (Å²) in [6.07, 6.45) is 0.962. The van der Waals surface area contributed by atoms with E-state index in [-0.39, 0.29) is 12.6 Å². The van der Waals surface area contributed by atoms with Gasteiger partial charge in [-0.25, -0.2) is 0 Å². The van der Waals surface area contributed by atoms with Crippen LogP contribution in [-0.2, 0) is 6.54 Å². The van der Waals surface area contributed by atoms with Crippen LogP contribution in [0.2, 0.25) is 0 Å². The maximum atomic E-state index is 9.28. The van der Waals surface area contributed by atoms with E-state index >= 15 is 0 Å². The van der Waals surface area contributed by atoms with Crippen LogP contribution >= 0.6 is 0 Å². The molecule has 3 N–H and O–H groups in total. The summed E-state index contributed by atoms with van der Waals surface area (Å²) in [5, 5.41) is 13.9. The van der Waals surface area contributed by atoms with Crippen LogP contribution < -0.4 is 10.1 Å². The monoisotopic (exact) mass is 260 g/mol. The van der Waals surface area contributed by atoms with Gasteiger partial charge in [-0.05, 0) is 23.3 Å². The Kier molecular flexibility index (Phi) is 4.77. The fourth-order valence-corrected chi connectivity index (χ4v) is 2.37. The maximum Gasteiger partial charge on any atom is 0.128 e. The van der Waals surface area contributed by atoms with Gasteiger partial charge in [0.25, 0.3) is 0 Å². The Morgan fingerprint density at radius 1 is 1.21 bits per heavy atom. The number of aliphatic hydroxyl groups is 1. The Bertz CT molecular complexity index is 535. The largest absolute Gasteiger partial charge is 0.496 e. The van der Waals surface area contributed by atoms with Crippen molar-refractivity contribution in [3.8, 4) is 5.75 Å². The van der Waals surface area contributed by atoms with E-state index in [1.807, 2.05) is 12.1 Å². The Balaban J connectivity index is 2.33. The molecule has 2 aromatic carbocycles. The van der Waals surface area contributed by atoms with Gasteiger partial charge in [0.05, 0.1) is 19.3 Å². The average Bonchev–Trinajstić information content (AvgIpc) is 2.48. The summed E-state index contributed by atoms with van der Waals surface area (Å²) >= 11 is 0. The molecule has 0 radical (unpaired) electrons. The third kappa shape index (κ3) is 3.06. The predicted octanol–water partition coefficient (Wildman–Crippen LogP) is 1.68. The summed E-state index contributed by atoms with van der Waals surface area (Å²) in [4.78, 5) is 0. The summed E-state index contributed by atoms with van der Waals surface area (Å²) in [6, 6.07) is 12.7. The van der Waals surface area contributed by atoms with Crippen LogP contribution in [0.5, 0.6) is 5.75 Å². The molecule has 19 heavy (non-hydrogen) atoms. The van der Waals surface area contributed by atoms with Crippen LogP contribution in [0.15, 0.2) is 36.4 Å². The van der Waals surface area contributed by atoms with Crippen LogP contribution in [-0.4, -0.2) is 24.9 Å². The molecule has 0 fully saturated rings. The van der Waals surface area contributed by atoms with Crippen LogP contribution in [0.3, 0.4) is 0 Å². The van der Waals surface area contributed by atoms with Gasteiger partial charge in [0.1, 0.15) is 18.3 Å². The van der Waals surface area contributed by atoms with Crippen molar-refractivity contribution in [2.45, 2.75) is 25.9 Å². The second-order valence-electron chi connectivity index (χ2n) is 4.76. The second kappa shape index (κ2) is 6.55. The Morgan fingerprint density at radius 2 is 2.00 bits per heavy atom. The molecule has 1 atom stereocenters. The van der Waals surface area contributed by atoms with E-state index in [4.69, 9.17) is 4.74 Å². The van der Waals surface area contributed by atoms with Gasteiger partial charge < -0.3 is 15.2 Å². The zero-order valence-corrected chi connectivity index (χ0v) is 11.6. The first kappa shape index (κ1) is 13.8. The Morgan fingerprint density at radius 3 is 2.68 bits per heavy atom. The molecule has 0 aliphatic heterocycles. The molecular formula is C16H22NO2+. The molecular weight excluding hydrogens is 238 g/mol. The zero-order valence-electron chi connectivity index (χ0n) is 11.6. The SMILES string of the molecule is CC[C@@H](CO)[NH2+]Cc1c(OC)ccc2ccccc12. The van der Waals surface area contributed by atoms with Gasteiger partial charge in [-0.1, -0.05) is 37.3 Å². The first-order chi connectivity index (χ1) is 9.30. The lowest BCUT2D eigenvalue weighted by Gasteiger charge is -2.14. The molecule has 2 rings (SSSR count). The lowest BCUT2D eigenvalue weighted by Crippen LogP contribution is -2.89. The van der Waals surface area contributed by atoms with Gasteiger partial charge in [0.2, 0.25) is 0 Å². The zero-order chi connectivity index (χ0) is 13.7. The predicted molar refractivity (Wildman–Crippen MR) is 77.3 cm³/mol. The van der Waals surface area contributed by atoms with Gasteiger partial charge in [-0.3, -0.25) is 0 Å². The van der Waals surface area contributed by atoms with E-state index in [1.165, 1.54) is 16.3 Å². The summed E-state index contributed by atoms with van der Waals surface area (Å²) in [5.74, 6) is 0.919. The standard InChI is InChI=1S/C16H21NO2/c1-3-13(11-18)17-10-15-14-7-5-4-6-12(14)8-9-16(15)19-2/h4-9,13,17-18H,3,10-11H2,1-2H3/p+1/t13-/m0/s1. The third-order valence-corrected chi connectivity index (χ3v) is 3.63. The number of fused-ring (bicyclic) bond motifs is 1. The average molecular weight is 260 g/mol. The number of rotatable bonds is 6. The van der Waals surface area contributed by atoms with Crippen molar-refractivity contribution in [3.05, 3.63) is 42.0 Å². The fraction of sp³-hybridized carbons (Fsp3) is 0.375. The first-order valence-electron chi connectivity index (χ1n) is 6.79. The summed E-state index contributed by atoms with van der Waals surface area (Å²) in [5.41, 5.74) is 1.20. The number of aliphatic hydroxyl groups excluding tert-OH is 1. The van der Waals surface area contributed by atoms with Gasteiger partial charge in [-0.2, -0.15) is 0 Å². The Labute approximate surface area is 114 Å². The number of ether oxygens (including phenoxy) is 1. The van der Waals surface area contributed by atoms with E-state index < -0.39 is 0 Å². The number of hydrogen-bond acceptors (Lipinski definition) is 2. The minimum Gasteiger partial charge on any atom is -0.496 e. The highest BCUT2D eigenvalue weighted by Crippen LogP contribution is 2.27. The minimum atomic E-state index is 0.212. The van der Waals surface area contributed by atoms with Crippen molar-refractivity contribution < 1.29 is 15.2 Å². The lowest BCUT2D eigenvalue weighted by atomic mass is 10.0. The van der Waals surface area contributed by atoms with Crippen molar-refractivity contribution in [2.24, 2.45) is 0 Å². The fourth-order valence-electron chi connectivity index (χ4n) is 2.37. The van der Waals surface area contributed by atoms with Gasteiger partial charge >= 0.3 is 0 Å². The van der Waals surface area contributed by atoms with Crippen molar-refractivity contribution in [2.75, 3.05) is 13.7 Å². The second-order valence-corrected chi connectivity index (χ2v) is 4.76. The number of benzene rings is 2. The normalized spacial score (nSPS) is 12.6. The molecule has 0 bridgehead atoms. The molecule has 3 nitrogen and oxygen atoms in total. The highest BCUT2D eigenvalue weighted by atomic mass is 16.5. The molecule has 0 unspecified atom stereocenters. The first-order valence-corrected chi connectivity index (χ1v) is 6.79. The molecule has 2 aromatic rings. The number of nitrogens with two attached hydrogens (primary N) is 1. The number of methoxy groups -OCH3 is 1. The smallest absolute Gasteiger partial charge is 0.128 e. The van der Waals surface area contributed by atoms with Crippen molar-refractivity contribution >= 4 is 10.8 Å². The minimum absolute atomic E-state index is 0.212. The summed E-state index contributed by atoms with van der Waals surface area (Å²) in [7, 11) is 1.71. The number of hydrogen-bond donors (Lipinski definition) is 2. The third-order valence-electron chi connectivity index (χ3n) is 3.63. The van der Waals surface area contributed by atoms with Gasteiger partial charge in [0, 0.05) is 0 Å². The van der Waals surface area contributed by atoms with Crippen molar-refractivity contribution in [1.82, 2.24) is 0 Å². The molecule has 0 heterocycles. The molecule has 0 saturated heterocycles. The molecule has 3 heteroatoms. The maximum absolute atomic E-state index is 9.28. The quantitative estimate of drug-likeness (QED) is 0.830. The molecule has 0 aliphatic carbocycles. The van der Waals surface area contributed by atoms with E-state index in [9.17, 15) is 5.11 Å². The van der Waals surface area contributed by atoms with Crippen LogP contribution in [0, 0.1) is 0 Å². The van der Waals surface area contributed by atoms with Crippen LogP contribution in [0.25, 0.3) is 10.8 Å². The molecule has 0 aromatic heterocycles.